The number of aromatic nitrogens is 2. The van der Waals surface area contributed by atoms with Crippen molar-refractivity contribution < 1.29 is 13.5 Å². The zero-order valence-corrected chi connectivity index (χ0v) is 19.2. The van der Waals surface area contributed by atoms with Crippen LogP contribution in [0.25, 0.3) is 0 Å². The van der Waals surface area contributed by atoms with Gasteiger partial charge in [-0.05, 0) is 31.0 Å². The molecule has 2 N–H and O–H groups in total. The fourth-order valence-electron chi connectivity index (χ4n) is 2.38. The van der Waals surface area contributed by atoms with Crippen molar-refractivity contribution in [1.29, 1.82) is 0 Å². The number of hydrogen-bond donors (Lipinski definition) is 2. The molecule has 0 amide bonds. The molecule has 1 heterocycles. The Morgan fingerprint density at radius 1 is 1.32 bits per heavy atom. The molecule has 1 aromatic carbocycles. The molecule has 2 rings (SSSR count). The highest BCUT2D eigenvalue weighted by molar-refractivity contribution is 14.0. The molecule has 6 nitrogen and oxygen atoms in total. The van der Waals surface area contributed by atoms with Gasteiger partial charge in [0.15, 0.2) is 5.96 Å². The second-order valence-corrected chi connectivity index (χ2v) is 6.49. The third-order valence-electron chi connectivity index (χ3n) is 3.51. The van der Waals surface area contributed by atoms with Gasteiger partial charge in [0.1, 0.15) is 5.75 Å². The molecule has 11 heteroatoms. The Morgan fingerprint density at radius 2 is 2.07 bits per heavy atom. The third kappa shape index (κ3) is 7.96. The standard InChI is InChI=1S/C17H21Cl2F2N5O.HI/c1-3-22-17(23-5-4-11-8-25-26(2)10-11)24-9-12-6-13(18)7-14(19)15(12)27-16(20)21;/h6-8,10,16H,3-5,9H2,1-2H3,(H2,22,23,24);1H. The van der Waals surface area contributed by atoms with Gasteiger partial charge in [-0.15, -0.1) is 24.0 Å². The first-order valence-electron chi connectivity index (χ1n) is 8.31. The molecular weight excluding hydrogens is 526 g/mol. The highest BCUT2D eigenvalue weighted by atomic mass is 127. The molecule has 1 aromatic heterocycles. The van der Waals surface area contributed by atoms with Gasteiger partial charge in [-0.3, -0.25) is 4.68 Å². The summed E-state index contributed by atoms with van der Waals surface area (Å²) in [7, 11) is 1.86. The molecule has 2 aromatic rings. The van der Waals surface area contributed by atoms with E-state index in [2.05, 4.69) is 25.5 Å². The monoisotopic (exact) mass is 547 g/mol. The molecule has 0 spiro atoms. The summed E-state index contributed by atoms with van der Waals surface area (Å²) in [6.45, 7) is 0.297. The Labute approximate surface area is 189 Å². The summed E-state index contributed by atoms with van der Waals surface area (Å²) in [4.78, 5) is 4.40. The van der Waals surface area contributed by atoms with E-state index in [0.717, 1.165) is 12.0 Å². The van der Waals surface area contributed by atoms with E-state index in [1.807, 2.05) is 20.2 Å². The summed E-state index contributed by atoms with van der Waals surface area (Å²) in [6.07, 6.45) is 4.50. The maximum Gasteiger partial charge on any atom is 0.387 e. The first-order chi connectivity index (χ1) is 12.9. The molecule has 0 saturated heterocycles. The number of aryl methyl sites for hydroxylation is 1. The van der Waals surface area contributed by atoms with Gasteiger partial charge in [0, 0.05) is 36.9 Å². The molecule has 0 aliphatic rings. The van der Waals surface area contributed by atoms with Crippen LogP contribution in [0.2, 0.25) is 10.0 Å². The van der Waals surface area contributed by atoms with E-state index in [4.69, 9.17) is 23.2 Å². The highest BCUT2D eigenvalue weighted by Crippen LogP contribution is 2.34. The van der Waals surface area contributed by atoms with Crippen LogP contribution in [0.4, 0.5) is 8.78 Å². The molecular formula is C17H22Cl2F2IN5O. The Morgan fingerprint density at radius 3 is 2.68 bits per heavy atom. The van der Waals surface area contributed by atoms with Crippen LogP contribution in [-0.2, 0) is 20.0 Å². The van der Waals surface area contributed by atoms with E-state index in [1.165, 1.54) is 12.1 Å². The second kappa shape index (κ2) is 12.3. The number of nitrogens with one attached hydrogen (secondary N) is 2. The number of nitrogens with zero attached hydrogens (tertiary/aromatic N) is 3. The summed E-state index contributed by atoms with van der Waals surface area (Å²) in [5.74, 6) is 0.423. The fourth-order valence-corrected chi connectivity index (χ4v) is 2.96. The van der Waals surface area contributed by atoms with Gasteiger partial charge in [0.25, 0.3) is 0 Å². The highest BCUT2D eigenvalue weighted by Gasteiger charge is 2.15. The lowest BCUT2D eigenvalue weighted by Crippen LogP contribution is -2.38. The van der Waals surface area contributed by atoms with Gasteiger partial charge in [-0.1, -0.05) is 23.2 Å². The van der Waals surface area contributed by atoms with Gasteiger partial charge in [0.2, 0.25) is 0 Å². The average Bonchev–Trinajstić information content (AvgIpc) is 3.00. The summed E-state index contributed by atoms with van der Waals surface area (Å²) < 4.78 is 31.6. The maximum absolute atomic E-state index is 12.6. The predicted octanol–water partition coefficient (Wildman–Crippen LogP) is 4.24. The van der Waals surface area contributed by atoms with E-state index < -0.39 is 6.61 Å². The Bertz CT molecular complexity index is 789. The maximum atomic E-state index is 12.6. The smallest absolute Gasteiger partial charge is 0.387 e. The number of benzene rings is 1. The average molecular weight is 548 g/mol. The third-order valence-corrected chi connectivity index (χ3v) is 4.01. The lowest BCUT2D eigenvalue weighted by Gasteiger charge is -2.14. The number of alkyl halides is 2. The van der Waals surface area contributed by atoms with Gasteiger partial charge < -0.3 is 15.4 Å². The van der Waals surface area contributed by atoms with Crippen molar-refractivity contribution in [1.82, 2.24) is 20.4 Å². The van der Waals surface area contributed by atoms with E-state index in [-0.39, 0.29) is 41.3 Å². The first-order valence-corrected chi connectivity index (χ1v) is 9.07. The summed E-state index contributed by atoms with van der Waals surface area (Å²) in [5, 5.41) is 10.7. The normalized spacial score (nSPS) is 11.3. The lowest BCUT2D eigenvalue weighted by molar-refractivity contribution is -0.0503. The number of guanidine groups is 1. The van der Waals surface area contributed by atoms with E-state index in [0.29, 0.717) is 29.6 Å². The predicted molar refractivity (Wildman–Crippen MR) is 118 cm³/mol. The van der Waals surface area contributed by atoms with Crippen molar-refractivity contribution in [3.05, 3.63) is 45.7 Å². The zero-order valence-electron chi connectivity index (χ0n) is 15.4. The lowest BCUT2D eigenvalue weighted by atomic mass is 10.2. The molecule has 0 radical (unpaired) electrons. The van der Waals surface area contributed by atoms with Crippen LogP contribution in [0.5, 0.6) is 5.75 Å². The summed E-state index contributed by atoms with van der Waals surface area (Å²) in [5.41, 5.74) is 1.47. The molecule has 156 valence electrons. The van der Waals surface area contributed by atoms with Gasteiger partial charge in [0.05, 0.1) is 17.8 Å². The van der Waals surface area contributed by atoms with Crippen LogP contribution in [0, 0.1) is 0 Å². The van der Waals surface area contributed by atoms with Crippen molar-refractivity contribution in [2.75, 3.05) is 13.1 Å². The van der Waals surface area contributed by atoms with Crippen LogP contribution in [0.3, 0.4) is 0 Å². The quantitative estimate of drug-likeness (QED) is 0.295. The number of halogens is 5. The van der Waals surface area contributed by atoms with Crippen molar-refractivity contribution in [2.45, 2.75) is 26.5 Å². The molecule has 0 unspecified atom stereocenters. The minimum absolute atomic E-state index is 0. The Hall–Kier alpha value is -1.33. The van der Waals surface area contributed by atoms with Crippen LogP contribution < -0.4 is 15.4 Å². The van der Waals surface area contributed by atoms with Gasteiger partial charge in [-0.25, -0.2) is 4.99 Å². The van der Waals surface area contributed by atoms with Gasteiger partial charge >= 0.3 is 6.61 Å². The SMILES string of the molecule is CCNC(=NCc1cc(Cl)cc(Cl)c1OC(F)F)NCCc1cnn(C)c1.I. The first kappa shape index (κ1) is 24.7. The van der Waals surface area contributed by atoms with Crippen molar-refractivity contribution in [3.63, 3.8) is 0 Å². The number of aliphatic imine (C=N–C) groups is 1. The molecule has 0 bridgehead atoms. The van der Waals surface area contributed by atoms with Gasteiger partial charge in [-0.2, -0.15) is 13.9 Å². The Kier molecular flexibility index (Phi) is 10.8. The summed E-state index contributed by atoms with van der Waals surface area (Å²) >= 11 is 12.0. The minimum Gasteiger partial charge on any atom is -0.433 e. The Balaban J connectivity index is 0.00000392. The minimum atomic E-state index is -2.99. The molecule has 0 aliphatic heterocycles. The molecule has 0 atom stereocenters. The van der Waals surface area contributed by atoms with Crippen molar-refractivity contribution in [3.8, 4) is 5.75 Å². The van der Waals surface area contributed by atoms with Crippen LogP contribution >= 0.6 is 47.2 Å². The molecule has 0 aliphatic carbocycles. The van der Waals surface area contributed by atoms with Crippen LogP contribution in [0.15, 0.2) is 29.5 Å². The zero-order chi connectivity index (χ0) is 19.8. The van der Waals surface area contributed by atoms with Crippen molar-refractivity contribution in [2.24, 2.45) is 12.0 Å². The van der Waals surface area contributed by atoms with E-state index >= 15 is 0 Å². The fraction of sp³-hybridized carbons (Fsp3) is 0.412. The van der Waals surface area contributed by atoms with Crippen LogP contribution in [-0.4, -0.2) is 35.4 Å². The molecule has 28 heavy (non-hydrogen) atoms. The summed E-state index contributed by atoms with van der Waals surface area (Å²) in [6, 6.07) is 2.86. The van der Waals surface area contributed by atoms with E-state index in [1.54, 1.807) is 10.9 Å². The van der Waals surface area contributed by atoms with Crippen molar-refractivity contribution >= 4 is 53.1 Å². The number of hydrogen-bond acceptors (Lipinski definition) is 3. The topological polar surface area (TPSA) is 63.5 Å². The largest absolute Gasteiger partial charge is 0.433 e. The molecule has 0 saturated carbocycles. The molecule has 0 fully saturated rings. The second-order valence-electron chi connectivity index (χ2n) is 5.65. The number of rotatable bonds is 8. The number of ether oxygens (including phenoxy) is 1. The van der Waals surface area contributed by atoms with E-state index in [9.17, 15) is 8.78 Å². The van der Waals surface area contributed by atoms with Crippen LogP contribution in [0.1, 0.15) is 18.1 Å².